The van der Waals surface area contributed by atoms with Crippen molar-refractivity contribution in [3.8, 4) is 28.7 Å². The van der Waals surface area contributed by atoms with Crippen LogP contribution in [0.5, 0.6) is 11.5 Å². The van der Waals surface area contributed by atoms with E-state index in [1.807, 2.05) is 6.07 Å². The minimum Gasteiger partial charge on any atom is -0.497 e. The molecule has 19 heavy (non-hydrogen) atoms. The molecule has 2 aromatic rings. The zero-order valence-corrected chi connectivity index (χ0v) is 10.6. The Hall–Kier alpha value is -2.54. The maximum absolute atomic E-state index is 13.5. The van der Waals surface area contributed by atoms with E-state index in [9.17, 15) is 4.39 Å². The lowest BCUT2D eigenvalue weighted by molar-refractivity contribution is 0.404. The van der Waals surface area contributed by atoms with Crippen molar-refractivity contribution in [3.05, 3.63) is 47.8 Å². The molecule has 96 valence electrons. The van der Waals surface area contributed by atoms with E-state index in [0.717, 1.165) is 0 Å². The quantitative estimate of drug-likeness (QED) is 0.846. The van der Waals surface area contributed by atoms with Crippen LogP contribution in [0.25, 0.3) is 11.1 Å². The van der Waals surface area contributed by atoms with Crippen LogP contribution in [0.1, 0.15) is 5.56 Å². The molecule has 0 bridgehead atoms. The molecule has 0 heterocycles. The Balaban J connectivity index is 2.63. The van der Waals surface area contributed by atoms with Crippen molar-refractivity contribution in [1.82, 2.24) is 0 Å². The predicted molar refractivity (Wildman–Crippen MR) is 69.7 cm³/mol. The first-order chi connectivity index (χ1) is 9.17. The van der Waals surface area contributed by atoms with Crippen LogP contribution in [0.15, 0.2) is 36.4 Å². The Kier molecular flexibility index (Phi) is 3.67. The maximum atomic E-state index is 13.5. The number of methoxy groups -OCH3 is 2. The number of hydrogen-bond acceptors (Lipinski definition) is 3. The van der Waals surface area contributed by atoms with Gasteiger partial charge in [-0.05, 0) is 42.0 Å². The largest absolute Gasteiger partial charge is 0.497 e. The van der Waals surface area contributed by atoms with E-state index < -0.39 is 5.82 Å². The van der Waals surface area contributed by atoms with E-state index in [1.165, 1.54) is 19.2 Å². The van der Waals surface area contributed by atoms with Crippen LogP contribution in [0.2, 0.25) is 0 Å². The summed E-state index contributed by atoms with van der Waals surface area (Å²) in [4.78, 5) is 0. The van der Waals surface area contributed by atoms with Gasteiger partial charge >= 0.3 is 0 Å². The molecule has 0 fully saturated rings. The zero-order chi connectivity index (χ0) is 13.8. The lowest BCUT2D eigenvalue weighted by Crippen LogP contribution is -1.91. The van der Waals surface area contributed by atoms with E-state index in [2.05, 4.69) is 0 Å². The third kappa shape index (κ3) is 2.66. The van der Waals surface area contributed by atoms with Crippen molar-refractivity contribution >= 4 is 0 Å². The number of halogens is 1. The van der Waals surface area contributed by atoms with E-state index >= 15 is 0 Å². The molecule has 0 aliphatic rings. The van der Waals surface area contributed by atoms with Gasteiger partial charge in [-0.3, -0.25) is 0 Å². The van der Waals surface area contributed by atoms with Gasteiger partial charge < -0.3 is 9.47 Å². The molecule has 0 unspecified atom stereocenters. The predicted octanol–water partition coefficient (Wildman–Crippen LogP) is 3.38. The lowest BCUT2D eigenvalue weighted by atomic mass is 10.0. The Bertz CT molecular complexity index is 647. The molecule has 0 atom stereocenters. The van der Waals surface area contributed by atoms with Crippen LogP contribution in [0, 0.1) is 17.1 Å². The SMILES string of the molecule is COc1ccc(OC)c(-c2cc(F)cc(C#N)c2)c1. The lowest BCUT2D eigenvalue weighted by Gasteiger charge is -2.11. The molecule has 2 rings (SSSR count). The van der Waals surface area contributed by atoms with Gasteiger partial charge in [0.1, 0.15) is 17.3 Å². The second kappa shape index (κ2) is 5.40. The second-order valence-electron chi connectivity index (χ2n) is 3.91. The van der Waals surface area contributed by atoms with Crippen molar-refractivity contribution < 1.29 is 13.9 Å². The van der Waals surface area contributed by atoms with E-state index in [4.69, 9.17) is 14.7 Å². The molecule has 0 saturated heterocycles. The minimum absolute atomic E-state index is 0.264. The fraction of sp³-hybridized carbons (Fsp3) is 0.133. The molecule has 3 nitrogen and oxygen atoms in total. The average molecular weight is 257 g/mol. The van der Waals surface area contributed by atoms with Gasteiger partial charge in [-0.25, -0.2) is 4.39 Å². The van der Waals surface area contributed by atoms with Gasteiger partial charge in [0, 0.05) is 5.56 Å². The minimum atomic E-state index is -0.459. The van der Waals surface area contributed by atoms with Crippen LogP contribution in [-0.2, 0) is 0 Å². The molecule has 0 amide bonds. The van der Waals surface area contributed by atoms with Gasteiger partial charge in [-0.2, -0.15) is 5.26 Å². The summed E-state index contributed by atoms with van der Waals surface area (Å²) >= 11 is 0. The van der Waals surface area contributed by atoms with Gasteiger partial charge in [0.25, 0.3) is 0 Å². The van der Waals surface area contributed by atoms with Crippen LogP contribution in [0.3, 0.4) is 0 Å². The van der Waals surface area contributed by atoms with Gasteiger partial charge in [0.05, 0.1) is 25.9 Å². The first-order valence-electron chi connectivity index (χ1n) is 5.61. The summed E-state index contributed by atoms with van der Waals surface area (Å²) in [6.45, 7) is 0. The fourth-order valence-electron chi connectivity index (χ4n) is 1.85. The molecule has 4 heteroatoms. The standard InChI is InChI=1S/C15H12FNO2/c1-18-13-3-4-15(19-2)14(8-13)11-5-10(9-17)6-12(16)7-11/h3-8H,1-2H3. The van der Waals surface area contributed by atoms with Crippen molar-refractivity contribution in [2.75, 3.05) is 14.2 Å². The normalized spacial score (nSPS) is 9.79. The highest BCUT2D eigenvalue weighted by atomic mass is 19.1. The molecular formula is C15H12FNO2. The van der Waals surface area contributed by atoms with E-state index in [1.54, 1.807) is 31.4 Å². The third-order valence-corrected chi connectivity index (χ3v) is 2.74. The Labute approximate surface area is 110 Å². The number of ether oxygens (including phenoxy) is 2. The van der Waals surface area contributed by atoms with Crippen LogP contribution >= 0.6 is 0 Å². The van der Waals surface area contributed by atoms with Crippen molar-refractivity contribution in [1.29, 1.82) is 5.26 Å². The summed E-state index contributed by atoms with van der Waals surface area (Å²) < 4.78 is 23.9. The van der Waals surface area contributed by atoms with Crippen molar-refractivity contribution in [3.63, 3.8) is 0 Å². The first-order valence-corrected chi connectivity index (χ1v) is 5.61. The first kappa shape index (κ1) is 12.9. The molecule has 2 aromatic carbocycles. The number of benzene rings is 2. The van der Waals surface area contributed by atoms with E-state index in [0.29, 0.717) is 22.6 Å². The highest BCUT2D eigenvalue weighted by Gasteiger charge is 2.10. The molecule has 0 aliphatic carbocycles. The number of nitriles is 1. The summed E-state index contributed by atoms with van der Waals surface area (Å²) in [6.07, 6.45) is 0. The number of rotatable bonds is 3. The Morgan fingerprint density at radius 2 is 1.84 bits per heavy atom. The smallest absolute Gasteiger partial charge is 0.126 e. The van der Waals surface area contributed by atoms with Crippen LogP contribution in [-0.4, -0.2) is 14.2 Å². The Morgan fingerprint density at radius 3 is 2.47 bits per heavy atom. The molecule has 0 radical (unpaired) electrons. The fourth-order valence-corrected chi connectivity index (χ4v) is 1.85. The van der Waals surface area contributed by atoms with Gasteiger partial charge in [-0.15, -0.1) is 0 Å². The Morgan fingerprint density at radius 1 is 1.05 bits per heavy atom. The van der Waals surface area contributed by atoms with Gasteiger partial charge in [0.2, 0.25) is 0 Å². The summed E-state index contributed by atoms with van der Waals surface area (Å²) in [6, 6.07) is 11.3. The molecule has 0 N–H and O–H groups in total. The molecule has 0 spiro atoms. The number of nitrogens with zero attached hydrogens (tertiary/aromatic N) is 1. The zero-order valence-electron chi connectivity index (χ0n) is 10.6. The summed E-state index contributed by atoms with van der Waals surface area (Å²) in [5.74, 6) is 0.771. The summed E-state index contributed by atoms with van der Waals surface area (Å²) in [7, 11) is 3.09. The second-order valence-corrected chi connectivity index (χ2v) is 3.91. The average Bonchev–Trinajstić information content (AvgIpc) is 2.45. The molecular weight excluding hydrogens is 245 g/mol. The van der Waals surface area contributed by atoms with Crippen LogP contribution in [0.4, 0.5) is 4.39 Å². The summed E-state index contributed by atoms with van der Waals surface area (Å²) in [5, 5.41) is 8.89. The van der Waals surface area contributed by atoms with E-state index in [-0.39, 0.29) is 5.56 Å². The van der Waals surface area contributed by atoms with Crippen molar-refractivity contribution in [2.24, 2.45) is 0 Å². The highest BCUT2D eigenvalue weighted by Crippen LogP contribution is 2.34. The monoisotopic (exact) mass is 257 g/mol. The third-order valence-electron chi connectivity index (χ3n) is 2.74. The molecule has 0 aliphatic heterocycles. The van der Waals surface area contributed by atoms with Crippen LogP contribution < -0.4 is 9.47 Å². The topological polar surface area (TPSA) is 42.2 Å². The summed E-state index contributed by atoms with van der Waals surface area (Å²) in [5.41, 5.74) is 1.52. The van der Waals surface area contributed by atoms with Gasteiger partial charge in [0.15, 0.2) is 0 Å². The molecule has 0 saturated carbocycles. The number of hydrogen-bond donors (Lipinski definition) is 0. The highest BCUT2D eigenvalue weighted by molar-refractivity contribution is 5.73. The maximum Gasteiger partial charge on any atom is 0.126 e. The van der Waals surface area contributed by atoms with Gasteiger partial charge in [-0.1, -0.05) is 0 Å². The molecule has 0 aromatic heterocycles. The van der Waals surface area contributed by atoms with Crippen molar-refractivity contribution in [2.45, 2.75) is 0 Å².